The largest absolute Gasteiger partial charge is 0.508 e. The van der Waals surface area contributed by atoms with Crippen LogP contribution in [0.1, 0.15) is 22.3 Å². The van der Waals surface area contributed by atoms with Gasteiger partial charge in [0.2, 0.25) is 0 Å². The van der Waals surface area contributed by atoms with Crippen molar-refractivity contribution in [2.75, 3.05) is 13.7 Å². The lowest BCUT2D eigenvalue weighted by Gasteiger charge is -2.22. The predicted octanol–water partition coefficient (Wildman–Crippen LogP) is 0.449. The monoisotopic (exact) mass is 279 g/mol. The molecule has 20 heavy (non-hydrogen) atoms. The molecule has 2 N–H and O–H groups in total. The highest BCUT2D eigenvalue weighted by atomic mass is 16.5. The Morgan fingerprint density at radius 3 is 2.70 bits per heavy atom. The molecule has 1 amide bonds. The standard InChI is InChI=1S/C14H17NO5/c1-8-5-9(3-4-12(8)17)13(18)15-7-10(16)6-11(15)14(19)20-2/h3-5,10-11,16-17H,6-7H2,1-2H3. The fourth-order valence-electron chi connectivity index (χ4n) is 2.35. The number of phenols is 1. The van der Waals surface area contributed by atoms with Gasteiger partial charge >= 0.3 is 5.97 Å². The van der Waals surface area contributed by atoms with Crippen LogP contribution >= 0.6 is 0 Å². The Labute approximate surface area is 116 Å². The summed E-state index contributed by atoms with van der Waals surface area (Å²) < 4.78 is 4.66. The van der Waals surface area contributed by atoms with Crippen molar-refractivity contribution in [3.05, 3.63) is 29.3 Å². The maximum absolute atomic E-state index is 12.4. The van der Waals surface area contributed by atoms with Crippen LogP contribution < -0.4 is 0 Å². The van der Waals surface area contributed by atoms with Gasteiger partial charge in [0, 0.05) is 18.5 Å². The van der Waals surface area contributed by atoms with E-state index >= 15 is 0 Å². The molecule has 1 saturated heterocycles. The van der Waals surface area contributed by atoms with Gasteiger partial charge in [-0.1, -0.05) is 0 Å². The number of carbonyl (C=O) groups is 2. The van der Waals surface area contributed by atoms with Crippen molar-refractivity contribution in [1.82, 2.24) is 4.90 Å². The van der Waals surface area contributed by atoms with E-state index < -0.39 is 18.1 Å². The summed E-state index contributed by atoms with van der Waals surface area (Å²) in [5.74, 6) is -0.794. The number of hydrogen-bond acceptors (Lipinski definition) is 5. The lowest BCUT2D eigenvalue weighted by Crippen LogP contribution is -2.41. The molecule has 6 nitrogen and oxygen atoms in total. The van der Waals surface area contributed by atoms with Crippen molar-refractivity contribution in [2.24, 2.45) is 0 Å². The second-order valence-corrected chi connectivity index (χ2v) is 4.89. The number of phenolic OH excluding ortho intramolecular Hbond substituents is 1. The van der Waals surface area contributed by atoms with Crippen LogP contribution in [0.5, 0.6) is 5.75 Å². The van der Waals surface area contributed by atoms with Gasteiger partial charge in [-0.05, 0) is 30.7 Å². The maximum atomic E-state index is 12.4. The third kappa shape index (κ3) is 2.60. The molecule has 0 spiro atoms. The van der Waals surface area contributed by atoms with Crippen LogP contribution in [-0.2, 0) is 9.53 Å². The van der Waals surface area contributed by atoms with Crippen molar-refractivity contribution in [1.29, 1.82) is 0 Å². The summed E-state index contributed by atoms with van der Waals surface area (Å²) >= 11 is 0. The SMILES string of the molecule is COC(=O)C1CC(O)CN1C(=O)c1ccc(O)c(C)c1. The molecule has 0 radical (unpaired) electrons. The van der Waals surface area contributed by atoms with Gasteiger partial charge in [-0.25, -0.2) is 4.79 Å². The number of β-amino-alcohol motifs (C(OH)–C–C–N with tert-alkyl or cyclic N) is 1. The van der Waals surface area contributed by atoms with Gasteiger partial charge in [-0.15, -0.1) is 0 Å². The molecule has 1 fully saturated rings. The summed E-state index contributed by atoms with van der Waals surface area (Å²) in [6.45, 7) is 1.78. The lowest BCUT2D eigenvalue weighted by molar-refractivity contribution is -0.145. The summed E-state index contributed by atoms with van der Waals surface area (Å²) in [5, 5.41) is 19.1. The van der Waals surface area contributed by atoms with Crippen molar-refractivity contribution < 1.29 is 24.5 Å². The molecular formula is C14H17NO5. The molecule has 108 valence electrons. The van der Waals surface area contributed by atoms with Crippen LogP contribution in [0.15, 0.2) is 18.2 Å². The van der Waals surface area contributed by atoms with E-state index in [1.54, 1.807) is 13.0 Å². The van der Waals surface area contributed by atoms with Crippen molar-refractivity contribution in [3.8, 4) is 5.75 Å². The van der Waals surface area contributed by atoms with Gasteiger partial charge in [0.15, 0.2) is 0 Å². The first-order valence-corrected chi connectivity index (χ1v) is 6.30. The highest BCUT2D eigenvalue weighted by molar-refractivity contribution is 5.97. The number of benzene rings is 1. The molecular weight excluding hydrogens is 262 g/mol. The third-order valence-electron chi connectivity index (χ3n) is 3.46. The van der Waals surface area contributed by atoms with E-state index in [9.17, 15) is 19.8 Å². The first-order chi connectivity index (χ1) is 9.43. The normalized spacial score (nSPS) is 21.9. The molecule has 2 unspecified atom stereocenters. The van der Waals surface area contributed by atoms with Gasteiger partial charge in [0.25, 0.3) is 5.91 Å². The van der Waals surface area contributed by atoms with Crippen LogP contribution in [0.25, 0.3) is 0 Å². The van der Waals surface area contributed by atoms with Gasteiger partial charge in [-0.2, -0.15) is 0 Å². The Kier molecular flexibility index (Phi) is 3.94. The number of likely N-dealkylation sites (tertiary alicyclic amines) is 1. The quantitative estimate of drug-likeness (QED) is 0.767. The predicted molar refractivity (Wildman–Crippen MR) is 70.3 cm³/mol. The molecule has 0 aliphatic carbocycles. The Balaban J connectivity index is 2.26. The molecule has 2 rings (SSSR count). The molecule has 1 aliphatic rings. The summed E-state index contributed by atoms with van der Waals surface area (Å²) in [7, 11) is 1.25. The molecule has 2 atom stereocenters. The zero-order valence-corrected chi connectivity index (χ0v) is 11.4. The number of amides is 1. The Morgan fingerprint density at radius 2 is 2.10 bits per heavy atom. The van der Waals surface area contributed by atoms with Gasteiger partial charge in [0.1, 0.15) is 11.8 Å². The molecule has 0 saturated carbocycles. The molecule has 1 aromatic rings. The van der Waals surface area contributed by atoms with Crippen molar-refractivity contribution >= 4 is 11.9 Å². The fraction of sp³-hybridized carbons (Fsp3) is 0.429. The van der Waals surface area contributed by atoms with Crippen LogP contribution in [0.2, 0.25) is 0 Å². The number of rotatable bonds is 2. The lowest BCUT2D eigenvalue weighted by atomic mass is 10.1. The van der Waals surface area contributed by atoms with Crippen LogP contribution in [0, 0.1) is 6.92 Å². The molecule has 1 heterocycles. The number of aryl methyl sites for hydroxylation is 1. The van der Waals surface area contributed by atoms with E-state index in [2.05, 4.69) is 4.74 Å². The second-order valence-electron chi connectivity index (χ2n) is 4.89. The number of aliphatic hydroxyl groups excluding tert-OH is 1. The minimum atomic E-state index is -0.767. The van der Waals surface area contributed by atoms with E-state index in [1.165, 1.54) is 24.1 Å². The molecule has 1 aromatic carbocycles. The minimum Gasteiger partial charge on any atom is -0.508 e. The zero-order valence-electron chi connectivity index (χ0n) is 11.4. The third-order valence-corrected chi connectivity index (χ3v) is 3.46. The van der Waals surface area contributed by atoms with E-state index in [0.29, 0.717) is 11.1 Å². The summed E-state index contributed by atoms with van der Waals surface area (Å²) in [6, 6.07) is 3.71. The van der Waals surface area contributed by atoms with Crippen molar-refractivity contribution in [3.63, 3.8) is 0 Å². The minimum absolute atomic E-state index is 0.0958. The van der Waals surface area contributed by atoms with Crippen LogP contribution in [-0.4, -0.2) is 52.8 Å². The fourth-order valence-corrected chi connectivity index (χ4v) is 2.35. The van der Waals surface area contributed by atoms with Gasteiger partial charge in [-0.3, -0.25) is 4.79 Å². The number of methoxy groups -OCH3 is 1. The first kappa shape index (κ1) is 14.3. The summed E-state index contributed by atoms with van der Waals surface area (Å²) in [4.78, 5) is 25.4. The summed E-state index contributed by atoms with van der Waals surface area (Å²) in [6.07, 6.45) is -0.559. The Morgan fingerprint density at radius 1 is 1.40 bits per heavy atom. The average molecular weight is 279 g/mol. The smallest absolute Gasteiger partial charge is 0.328 e. The van der Waals surface area contributed by atoms with Crippen LogP contribution in [0.4, 0.5) is 0 Å². The van der Waals surface area contributed by atoms with Crippen molar-refractivity contribution in [2.45, 2.75) is 25.5 Å². The Hall–Kier alpha value is -2.08. The number of aliphatic hydroxyl groups is 1. The molecule has 0 aromatic heterocycles. The number of nitrogens with zero attached hydrogens (tertiary/aromatic N) is 1. The van der Waals surface area contributed by atoms with Crippen LogP contribution in [0.3, 0.4) is 0 Å². The van der Waals surface area contributed by atoms with E-state index in [4.69, 9.17) is 0 Å². The molecule has 6 heteroatoms. The number of esters is 1. The number of hydrogen-bond donors (Lipinski definition) is 2. The number of ether oxygens (including phenoxy) is 1. The van der Waals surface area contributed by atoms with Gasteiger partial charge in [0.05, 0.1) is 13.2 Å². The highest BCUT2D eigenvalue weighted by Crippen LogP contribution is 2.24. The van der Waals surface area contributed by atoms with E-state index in [-0.39, 0.29) is 24.6 Å². The van der Waals surface area contributed by atoms with E-state index in [1.807, 2.05) is 0 Å². The Bertz CT molecular complexity index is 542. The maximum Gasteiger partial charge on any atom is 0.328 e. The topological polar surface area (TPSA) is 87.1 Å². The second kappa shape index (κ2) is 5.50. The van der Waals surface area contributed by atoms with E-state index in [0.717, 1.165) is 0 Å². The molecule has 1 aliphatic heterocycles. The number of carbonyl (C=O) groups excluding carboxylic acids is 2. The average Bonchev–Trinajstić information content (AvgIpc) is 2.82. The zero-order chi connectivity index (χ0) is 14.9. The summed E-state index contributed by atoms with van der Waals surface area (Å²) in [5.41, 5.74) is 0.938. The van der Waals surface area contributed by atoms with Gasteiger partial charge < -0.3 is 19.8 Å². The first-order valence-electron chi connectivity index (χ1n) is 6.30. The highest BCUT2D eigenvalue weighted by Gasteiger charge is 2.39. The molecule has 0 bridgehead atoms. The number of aromatic hydroxyl groups is 1.